The van der Waals surface area contributed by atoms with E-state index < -0.39 is 6.10 Å². The molecular weight excluding hydrogens is 326 g/mol. The normalized spacial score (nSPS) is 16.8. The van der Waals surface area contributed by atoms with E-state index >= 15 is 0 Å². The van der Waals surface area contributed by atoms with Gasteiger partial charge in [-0.1, -0.05) is 26.0 Å². The largest absolute Gasteiger partial charge is 0.479 e. The molecule has 7 heteroatoms. The summed E-state index contributed by atoms with van der Waals surface area (Å²) in [6.45, 7) is 5.70. The topological polar surface area (TPSA) is 71.5 Å². The number of ether oxygens (including phenoxy) is 1. The summed E-state index contributed by atoms with van der Waals surface area (Å²) in [6, 6.07) is 7.21. The number of benzene rings is 1. The zero-order valence-corrected chi connectivity index (χ0v) is 14.6. The molecule has 0 radical (unpaired) electrons. The summed E-state index contributed by atoms with van der Waals surface area (Å²) in [5.41, 5.74) is 1.55. The van der Waals surface area contributed by atoms with Crippen LogP contribution in [0, 0.1) is 0 Å². The van der Waals surface area contributed by atoms with Crippen molar-refractivity contribution in [3.05, 3.63) is 35.3 Å². The predicted octanol–water partition coefficient (Wildman–Crippen LogP) is 3.02. The number of carbonyl (C=O) groups excluding carboxylic acids is 2. The van der Waals surface area contributed by atoms with Crippen molar-refractivity contribution in [1.29, 1.82) is 0 Å². The first-order chi connectivity index (χ1) is 11.5. The molecular formula is C17H19N3O3S. The van der Waals surface area contributed by atoms with E-state index in [4.69, 9.17) is 4.74 Å². The SMILES string of the molecule is CC1Oc2ccccc2N(CC(=O)Nc2nc(C(C)C)cs2)C1=O. The fourth-order valence-electron chi connectivity index (χ4n) is 2.43. The molecule has 6 nitrogen and oxygen atoms in total. The van der Waals surface area contributed by atoms with Crippen LogP contribution in [0.4, 0.5) is 10.8 Å². The average Bonchev–Trinajstić information content (AvgIpc) is 3.00. The Hall–Kier alpha value is -2.41. The molecule has 0 saturated carbocycles. The summed E-state index contributed by atoms with van der Waals surface area (Å²) in [6.07, 6.45) is -0.611. The second kappa shape index (κ2) is 6.60. The molecule has 2 amide bonds. The van der Waals surface area contributed by atoms with Gasteiger partial charge in [0, 0.05) is 5.38 Å². The van der Waals surface area contributed by atoms with Crippen molar-refractivity contribution in [2.24, 2.45) is 0 Å². The van der Waals surface area contributed by atoms with Gasteiger partial charge in [0.2, 0.25) is 5.91 Å². The van der Waals surface area contributed by atoms with Crippen molar-refractivity contribution in [1.82, 2.24) is 4.98 Å². The molecule has 1 aliphatic heterocycles. The predicted molar refractivity (Wildman–Crippen MR) is 93.7 cm³/mol. The first kappa shape index (κ1) is 16.4. The van der Waals surface area contributed by atoms with Gasteiger partial charge >= 0.3 is 0 Å². The Bertz CT molecular complexity index is 772. The smallest absolute Gasteiger partial charge is 0.268 e. The van der Waals surface area contributed by atoms with Gasteiger partial charge in [0.25, 0.3) is 5.91 Å². The molecule has 1 N–H and O–H groups in total. The lowest BCUT2D eigenvalue weighted by Crippen LogP contribution is -2.47. The van der Waals surface area contributed by atoms with Gasteiger partial charge in [-0.15, -0.1) is 11.3 Å². The Balaban J connectivity index is 1.74. The molecule has 1 aromatic carbocycles. The van der Waals surface area contributed by atoms with Gasteiger partial charge < -0.3 is 10.1 Å². The van der Waals surface area contributed by atoms with Gasteiger partial charge in [0.1, 0.15) is 12.3 Å². The molecule has 2 aromatic rings. The van der Waals surface area contributed by atoms with Crippen LogP contribution in [0.5, 0.6) is 5.75 Å². The van der Waals surface area contributed by atoms with Crippen LogP contribution in [0.15, 0.2) is 29.6 Å². The van der Waals surface area contributed by atoms with Crippen molar-refractivity contribution >= 4 is 34.0 Å². The first-order valence-electron chi connectivity index (χ1n) is 7.78. The lowest BCUT2D eigenvalue weighted by molar-refractivity contribution is -0.127. The second-order valence-electron chi connectivity index (χ2n) is 5.93. The highest BCUT2D eigenvalue weighted by atomic mass is 32.1. The minimum atomic E-state index is -0.611. The highest BCUT2D eigenvalue weighted by Crippen LogP contribution is 2.33. The maximum absolute atomic E-state index is 12.4. The Morgan fingerprint density at radius 2 is 2.17 bits per heavy atom. The molecule has 0 bridgehead atoms. The number of nitrogens with zero attached hydrogens (tertiary/aromatic N) is 2. The minimum absolute atomic E-state index is 0.0693. The summed E-state index contributed by atoms with van der Waals surface area (Å²) in [5, 5.41) is 5.24. The van der Waals surface area contributed by atoms with E-state index in [0.717, 1.165) is 5.69 Å². The van der Waals surface area contributed by atoms with Gasteiger partial charge in [-0.3, -0.25) is 14.5 Å². The number of carbonyl (C=O) groups is 2. The fraction of sp³-hybridized carbons (Fsp3) is 0.353. The van der Waals surface area contributed by atoms with E-state index in [9.17, 15) is 9.59 Å². The van der Waals surface area contributed by atoms with Gasteiger partial charge in [0.05, 0.1) is 11.4 Å². The summed E-state index contributed by atoms with van der Waals surface area (Å²) >= 11 is 1.38. The summed E-state index contributed by atoms with van der Waals surface area (Å²) in [5.74, 6) is 0.400. The van der Waals surface area contributed by atoms with Crippen LogP contribution in [0.1, 0.15) is 32.4 Å². The van der Waals surface area contributed by atoms with Gasteiger partial charge in [-0.05, 0) is 25.0 Å². The standard InChI is InChI=1S/C17H19N3O3S/c1-10(2)12-9-24-17(18-12)19-15(21)8-20-13-6-4-5-7-14(13)23-11(3)16(20)22/h4-7,9-11H,8H2,1-3H3,(H,18,19,21). The molecule has 3 rings (SSSR count). The second-order valence-corrected chi connectivity index (χ2v) is 6.79. The number of nitrogens with one attached hydrogen (secondary N) is 1. The Morgan fingerprint density at radius 3 is 2.88 bits per heavy atom. The van der Waals surface area contributed by atoms with E-state index in [2.05, 4.69) is 10.3 Å². The molecule has 0 spiro atoms. The third-order valence-electron chi connectivity index (χ3n) is 3.74. The molecule has 126 valence electrons. The maximum atomic E-state index is 12.4. The number of fused-ring (bicyclic) bond motifs is 1. The summed E-state index contributed by atoms with van der Waals surface area (Å²) < 4.78 is 5.57. The zero-order chi connectivity index (χ0) is 17.3. The number of para-hydroxylation sites is 2. The molecule has 1 aliphatic rings. The van der Waals surface area contributed by atoms with E-state index in [0.29, 0.717) is 22.5 Å². The van der Waals surface area contributed by atoms with Crippen LogP contribution in [0.25, 0.3) is 0 Å². The third kappa shape index (κ3) is 3.26. The number of thiazole rings is 1. The maximum Gasteiger partial charge on any atom is 0.268 e. The monoisotopic (exact) mass is 345 g/mol. The van der Waals surface area contributed by atoms with Crippen molar-refractivity contribution in [3.8, 4) is 5.75 Å². The molecule has 2 heterocycles. The Morgan fingerprint density at radius 1 is 1.42 bits per heavy atom. The first-order valence-corrected chi connectivity index (χ1v) is 8.66. The number of aromatic nitrogens is 1. The molecule has 0 fully saturated rings. The van der Waals surface area contributed by atoms with Crippen LogP contribution in [0.3, 0.4) is 0 Å². The zero-order valence-electron chi connectivity index (χ0n) is 13.8. The number of hydrogen-bond donors (Lipinski definition) is 1. The molecule has 0 aliphatic carbocycles. The molecule has 1 aromatic heterocycles. The van der Waals surface area contributed by atoms with Crippen molar-refractivity contribution in [3.63, 3.8) is 0 Å². The van der Waals surface area contributed by atoms with Gasteiger partial charge in [0.15, 0.2) is 11.2 Å². The average molecular weight is 345 g/mol. The van der Waals surface area contributed by atoms with Crippen LogP contribution in [-0.4, -0.2) is 29.4 Å². The number of rotatable bonds is 4. The van der Waals surface area contributed by atoms with Gasteiger partial charge in [-0.25, -0.2) is 4.98 Å². The Labute approximate surface area is 144 Å². The summed E-state index contributed by atoms with van der Waals surface area (Å²) in [7, 11) is 0. The van der Waals surface area contributed by atoms with Crippen LogP contribution in [0.2, 0.25) is 0 Å². The fourth-order valence-corrected chi connectivity index (χ4v) is 3.32. The molecule has 0 saturated heterocycles. The Kier molecular flexibility index (Phi) is 4.53. The lowest BCUT2D eigenvalue weighted by atomic mass is 10.2. The number of hydrogen-bond acceptors (Lipinski definition) is 5. The number of anilines is 2. The van der Waals surface area contributed by atoms with Crippen LogP contribution in [-0.2, 0) is 9.59 Å². The quantitative estimate of drug-likeness (QED) is 0.924. The van der Waals surface area contributed by atoms with Crippen molar-refractivity contribution in [2.45, 2.75) is 32.8 Å². The minimum Gasteiger partial charge on any atom is -0.479 e. The van der Waals surface area contributed by atoms with E-state index in [-0.39, 0.29) is 18.4 Å². The molecule has 1 unspecified atom stereocenters. The van der Waals surface area contributed by atoms with E-state index in [1.54, 1.807) is 19.1 Å². The van der Waals surface area contributed by atoms with E-state index in [1.807, 2.05) is 31.4 Å². The molecule has 24 heavy (non-hydrogen) atoms. The van der Waals surface area contributed by atoms with Crippen molar-refractivity contribution in [2.75, 3.05) is 16.8 Å². The molecule has 1 atom stereocenters. The highest BCUT2D eigenvalue weighted by molar-refractivity contribution is 7.13. The highest BCUT2D eigenvalue weighted by Gasteiger charge is 2.32. The third-order valence-corrected chi connectivity index (χ3v) is 4.51. The van der Waals surface area contributed by atoms with Gasteiger partial charge in [-0.2, -0.15) is 0 Å². The number of amides is 2. The summed E-state index contributed by atoms with van der Waals surface area (Å²) in [4.78, 5) is 30.6. The van der Waals surface area contributed by atoms with Crippen molar-refractivity contribution < 1.29 is 14.3 Å². The van der Waals surface area contributed by atoms with Crippen LogP contribution >= 0.6 is 11.3 Å². The van der Waals surface area contributed by atoms with Crippen LogP contribution < -0.4 is 15.0 Å². The van der Waals surface area contributed by atoms with E-state index in [1.165, 1.54) is 16.2 Å². The lowest BCUT2D eigenvalue weighted by Gasteiger charge is -2.32.